The molecule has 0 aliphatic heterocycles. The van der Waals surface area contributed by atoms with Gasteiger partial charge in [-0.05, 0) is 38.1 Å². The van der Waals surface area contributed by atoms with Crippen LogP contribution in [0.2, 0.25) is 0 Å². The van der Waals surface area contributed by atoms with Gasteiger partial charge in [-0.15, -0.1) is 0 Å². The Bertz CT molecular complexity index is 793. The van der Waals surface area contributed by atoms with Crippen LogP contribution in [0.5, 0.6) is 0 Å². The van der Waals surface area contributed by atoms with Crippen molar-refractivity contribution in [2.45, 2.75) is 24.8 Å². The number of hydrogen-bond acceptors (Lipinski definition) is 5. The van der Waals surface area contributed by atoms with E-state index in [0.29, 0.717) is 16.3 Å². The van der Waals surface area contributed by atoms with Gasteiger partial charge in [0, 0.05) is 12.2 Å². The molecule has 6 heteroatoms. The predicted octanol–water partition coefficient (Wildman–Crippen LogP) is 2.54. The lowest BCUT2D eigenvalue weighted by Crippen LogP contribution is -2.26. The molecule has 0 spiro atoms. The van der Waals surface area contributed by atoms with Gasteiger partial charge in [0.1, 0.15) is 11.9 Å². The van der Waals surface area contributed by atoms with Gasteiger partial charge in [-0.1, -0.05) is 17.7 Å². The van der Waals surface area contributed by atoms with Gasteiger partial charge in [0.25, 0.3) is 0 Å². The van der Waals surface area contributed by atoms with Crippen LogP contribution in [0.1, 0.15) is 18.1 Å². The lowest BCUT2D eigenvalue weighted by molar-refractivity contribution is 0.592. The number of aryl methyl sites for hydroxylation is 1. The zero-order chi connectivity index (χ0) is 16.2. The van der Waals surface area contributed by atoms with Crippen LogP contribution in [0.3, 0.4) is 0 Å². The van der Waals surface area contributed by atoms with E-state index < -0.39 is 9.84 Å². The van der Waals surface area contributed by atoms with Crippen molar-refractivity contribution in [3.63, 3.8) is 0 Å². The molecule has 0 fully saturated rings. The molecule has 114 valence electrons. The van der Waals surface area contributed by atoms with Crippen LogP contribution in [0, 0.1) is 18.3 Å². The smallest absolute Gasteiger partial charge is 0.180 e. The Hall–Kier alpha value is -2.39. The number of nitriles is 1. The molecular weight excluding hydrogens is 298 g/mol. The third-order valence-electron chi connectivity index (χ3n) is 3.16. The first-order valence-electron chi connectivity index (χ1n) is 6.83. The molecule has 0 saturated carbocycles. The van der Waals surface area contributed by atoms with Crippen LogP contribution >= 0.6 is 0 Å². The zero-order valence-electron chi connectivity index (χ0n) is 12.4. The van der Waals surface area contributed by atoms with E-state index in [-0.39, 0.29) is 11.8 Å². The van der Waals surface area contributed by atoms with E-state index >= 15 is 0 Å². The maximum atomic E-state index is 12.4. The quantitative estimate of drug-likeness (QED) is 0.916. The standard InChI is InChI=1S/C16H17N3O2S/c1-12-5-7-15(8-6-12)22(20,21)11-13(2)19-16-14(10-17)4-3-9-18-16/h3-9,13H,11H2,1-2H3,(H,18,19)/t13-/m0/s1. The second-order valence-electron chi connectivity index (χ2n) is 5.15. The van der Waals surface area contributed by atoms with E-state index in [0.717, 1.165) is 5.56 Å². The first kappa shape index (κ1) is 16.0. The van der Waals surface area contributed by atoms with Crippen LogP contribution in [0.25, 0.3) is 0 Å². The summed E-state index contributed by atoms with van der Waals surface area (Å²) >= 11 is 0. The monoisotopic (exact) mass is 315 g/mol. The summed E-state index contributed by atoms with van der Waals surface area (Å²) in [7, 11) is -3.39. The Morgan fingerprint density at radius 1 is 1.27 bits per heavy atom. The zero-order valence-corrected chi connectivity index (χ0v) is 13.3. The lowest BCUT2D eigenvalue weighted by Gasteiger charge is -2.15. The number of pyridine rings is 1. The topological polar surface area (TPSA) is 82.8 Å². The summed E-state index contributed by atoms with van der Waals surface area (Å²) in [5.41, 5.74) is 1.40. The average Bonchev–Trinajstić information content (AvgIpc) is 2.47. The molecule has 5 nitrogen and oxygen atoms in total. The molecule has 1 heterocycles. The van der Waals surface area contributed by atoms with Crippen molar-refractivity contribution in [3.8, 4) is 6.07 Å². The number of hydrogen-bond donors (Lipinski definition) is 1. The van der Waals surface area contributed by atoms with Crippen molar-refractivity contribution in [2.24, 2.45) is 0 Å². The third-order valence-corrected chi connectivity index (χ3v) is 5.09. The van der Waals surface area contributed by atoms with Crippen molar-refractivity contribution in [1.29, 1.82) is 5.26 Å². The second-order valence-corrected chi connectivity index (χ2v) is 7.19. The van der Waals surface area contributed by atoms with E-state index in [1.807, 2.05) is 13.0 Å². The van der Waals surface area contributed by atoms with Crippen LogP contribution < -0.4 is 5.32 Å². The largest absolute Gasteiger partial charge is 0.365 e. The number of sulfone groups is 1. The Labute approximate surface area is 130 Å². The second kappa shape index (κ2) is 6.58. The van der Waals surface area contributed by atoms with Crippen molar-refractivity contribution >= 4 is 15.7 Å². The number of aromatic nitrogens is 1. The maximum absolute atomic E-state index is 12.4. The van der Waals surface area contributed by atoms with Gasteiger partial charge in [-0.2, -0.15) is 5.26 Å². The van der Waals surface area contributed by atoms with E-state index in [9.17, 15) is 8.42 Å². The van der Waals surface area contributed by atoms with Gasteiger partial charge in [-0.25, -0.2) is 13.4 Å². The summed E-state index contributed by atoms with van der Waals surface area (Å²) in [5.74, 6) is 0.328. The molecule has 2 rings (SSSR count). The van der Waals surface area contributed by atoms with Gasteiger partial charge >= 0.3 is 0 Å². The summed E-state index contributed by atoms with van der Waals surface area (Å²) in [5, 5.41) is 12.0. The highest BCUT2D eigenvalue weighted by molar-refractivity contribution is 7.91. The molecule has 0 aliphatic rings. The summed E-state index contributed by atoms with van der Waals surface area (Å²) in [6, 6.07) is 11.7. The number of nitrogens with one attached hydrogen (secondary N) is 1. The maximum Gasteiger partial charge on any atom is 0.180 e. The summed E-state index contributed by atoms with van der Waals surface area (Å²) in [6.45, 7) is 3.66. The highest BCUT2D eigenvalue weighted by Gasteiger charge is 2.19. The van der Waals surface area contributed by atoms with Crippen molar-refractivity contribution in [1.82, 2.24) is 4.98 Å². The molecule has 1 N–H and O–H groups in total. The Balaban J connectivity index is 2.13. The molecule has 1 aromatic carbocycles. The Kier molecular flexibility index (Phi) is 4.78. The van der Waals surface area contributed by atoms with Crippen molar-refractivity contribution in [2.75, 3.05) is 11.1 Å². The normalized spacial score (nSPS) is 12.4. The Morgan fingerprint density at radius 3 is 2.59 bits per heavy atom. The van der Waals surface area contributed by atoms with E-state index in [1.54, 1.807) is 49.5 Å². The fourth-order valence-electron chi connectivity index (χ4n) is 2.06. The lowest BCUT2D eigenvalue weighted by atomic mass is 10.2. The van der Waals surface area contributed by atoms with E-state index in [2.05, 4.69) is 10.3 Å². The molecule has 1 aromatic heterocycles. The van der Waals surface area contributed by atoms with Gasteiger partial charge in [-0.3, -0.25) is 0 Å². The minimum Gasteiger partial charge on any atom is -0.365 e. The molecule has 0 bridgehead atoms. The molecule has 0 unspecified atom stereocenters. The number of anilines is 1. The molecular formula is C16H17N3O2S. The van der Waals surface area contributed by atoms with Crippen LogP contribution in [0.15, 0.2) is 47.5 Å². The first-order valence-corrected chi connectivity index (χ1v) is 8.48. The van der Waals surface area contributed by atoms with Crippen molar-refractivity contribution in [3.05, 3.63) is 53.7 Å². The van der Waals surface area contributed by atoms with Crippen LogP contribution in [-0.4, -0.2) is 25.2 Å². The highest BCUT2D eigenvalue weighted by Crippen LogP contribution is 2.16. The highest BCUT2D eigenvalue weighted by atomic mass is 32.2. The van der Waals surface area contributed by atoms with E-state index in [4.69, 9.17) is 5.26 Å². The predicted molar refractivity (Wildman–Crippen MR) is 85.3 cm³/mol. The minimum absolute atomic E-state index is 0.0719. The minimum atomic E-state index is -3.39. The molecule has 0 radical (unpaired) electrons. The van der Waals surface area contributed by atoms with Gasteiger partial charge in [0.05, 0.1) is 16.2 Å². The molecule has 1 atom stereocenters. The van der Waals surface area contributed by atoms with Crippen LogP contribution in [0.4, 0.5) is 5.82 Å². The van der Waals surface area contributed by atoms with Gasteiger partial charge in [0.15, 0.2) is 9.84 Å². The first-order chi connectivity index (χ1) is 10.4. The summed E-state index contributed by atoms with van der Waals surface area (Å²) in [4.78, 5) is 4.37. The van der Waals surface area contributed by atoms with Gasteiger partial charge < -0.3 is 5.32 Å². The van der Waals surface area contributed by atoms with Crippen LogP contribution in [-0.2, 0) is 9.84 Å². The summed E-state index contributed by atoms with van der Waals surface area (Å²) < 4.78 is 24.7. The fraction of sp³-hybridized carbons (Fsp3) is 0.250. The third kappa shape index (κ3) is 3.83. The van der Waals surface area contributed by atoms with Gasteiger partial charge in [0.2, 0.25) is 0 Å². The number of benzene rings is 1. The Morgan fingerprint density at radius 2 is 1.95 bits per heavy atom. The molecule has 0 aliphatic carbocycles. The molecule has 2 aromatic rings. The molecule has 0 amide bonds. The SMILES string of the molecule is Cc1ccc(S(=O)(=O)C[C@H](C)Nc2ncccc2C#N)cc1. The average molecular weight is 315 g/mol. The fourth-order valence-corrected chi connectivity index (χ4v) is 3.54. The summed E-state index contributed by atoms with van der Waals surface area (Å²) in [6.07, 6.45) is 1.56. The van der Waals surface area contributed by atoms with E-state index in [1.165, 1.54) is 0 Å². The molecule has 22 heavy (non-hydrogen) atoms. The number of nitrogens with zero attached hydrogens (tertiary/aromatic N) is 2. The van der Waals surface area contributed by atoms with Crippen molar-refractivity contribution < 1.29 is 8.42 Å². The number of rotatable bonds is 5. The molecule has 0 saturated heterocycles.